The van der Waals surface area contributed by atoms with Crippen LogP contribution in [0, 0.1) is 0 Å². The van der Waals surface area contributed by atoms with Crippen molar-refractivity contribution in [3.8, 4) is 11.3 Å². The van der Waals surface area contributed by atoms with Crippen LogP contribution >= 0.6 is 35.0 Å². The van der Waals surface area contributed by atoms with Crippen LogP contribution in [0.1, 0.15) is 11.6 Å². The van der Waals surface area contributed by atoms with Gasteiger partial charge in [0.2, 0.25) is 0 Å². The second-order valence-electron chi connectivity index (χ2n) is 6.23. The molecule has 0 saturated heterocycles. The van der Waals surface area contributed by atoms with Gasteiger partial charge in [-0.3, -0.25) is 0 Å². The Morgan fingerprint density at radius 2 is 1.93 bits per heavy atom. The van der Waals surface area contributed by atoms with Gasteiger partial charge in [-0.2, -0.15) is 0 Å². The normalized spacial score (nSPS) is 12.2. The predicted octanol–water partition coefficient (Wildman–Crippen LogP) is 5.46. The largest absolute Gasteiger partial charge is 0.335 e. The molecule has 4 rings (SSSR count). The van der Waals surface area contributed by atoms with Crippen LogP contribution in [0.4, 0.5) is 0 Å². The van der Waals surface area contributed by atoms with E-state index in [4.69, 9.17) is 23.2 Å². The van der Waals surface area contributed by atoms with Gasteiger partial charge in [-0.15, -0.1) is 16.9 Å². The fraction of sp³-hybridized carbons (Fsp3) is 0.150. The lowest BCUT2D eigenvalue weighted by Crippen LogP contribution is -2.19. The van der Waals surface area contributed by atoms with Gasteiger partial charge in [0, 0.05) is 32.9 Å². The molecule has 2 aromatic carbocycles. The van der Waals surface area contributed by atoms with Crippen molar-refractivity contribution in [2.75, 3.05) is 6.26 Å². The highest BCUT2D eigenvalue weighted by Crippen LogP contribution is 2.33. The Morgan fingerprint density at radius 3 is 2.61 bits per heavy atom. The first-order chi connectivity index (χ1) is 13.7. The van der Waals surface area contributed by atoms with E-state index in [0.29, 0.717) is 16.6 Å². The lowest BCUT2D eigenvalue weighted by Gasteiger charge is -2.21. The summed E-state index contributed by atoms with van der Waals surface area (Å²) in [4.78, 5) is 5.35. The first kappa shape index (κ1) is 19.1. The van der Waals surface area contributed by atoms with Crippen molar-refractivity contribution in [3.63, 3.8) is 0 Å². The Kier molecular flexibility index (Phi) is 5.71. The summed E-state index contributed by atoms with van der Waals surface area (Å²) in [6.07, 6.45) is 9.29. The van der Waals surface area contributed by atoms with Gasteiger partial charge in [-0.25, -0.2) is 9.67 Å². The molecule has 4 aromatic rings. The van der Waals surface area contributed by atoms with Crippen molar-refractivity contribution in [3.05, 3.63) is 83.0 Å². The van der Waals surface area contributed by atoms with E-state index in [-0.39, 0.29) is 6.04 Å². The number of halogens is 2. The molecule has 1 unspecified atom stereocenters. The zero-order chi connectivity index (χ0) is 19.5. The second-order valence-corrected chi connectivity index (χ2v) is 7.96. The highest BCUT2D eigenvalue weighted by Gasteiger charge is 2.22. The molecule has 0 N–H and O–H groups in total. The minimum Gasteiger partial charge on any atom is -0.335 e. The molecule has 0 fully saturated rings. The molecule has 0 radical (unpaired) electrons. The number of imidazole rings is 1. The van der Waals surface area contributed by atoms with E-state index < -0.39 is 0 Å². The van der Waals surface area contributed by atoms with E-state index in [1.807, 2.05) is 27.6 Å². The second kappa shape index (κ2) is 8.39. The van der Waals surface area contributed by atoms with E-state index >= 15 is 0 Å². The third kappa shape index (κ3) is 3.94. The van der Waals surface area contributed by atoms with Gasteiger partial charge in [-0.05, 0) is 36.1 Å². The average Bonchev–Trinajstić information content (AvgIpc) is 3.38. The molecular weight excluding hydrogens is 413 g/mol. The van der Waals surface area contributed by atoms with Crippen LogP contribution in [0.25, 0.3) is 11.3 Å². The van der Waals surface area contributed by atoms with Crippen molar-refractivity contribution in [2.24, 2.45) is 0 Å². The molecule has 1 atom stereocenters. The van der Waals surface area contributed by atoms with Gasteiger partial charge in [0.15, 0.2) is 0 Å². The van der Waals surface area contributed by atoms with Crippen LogP contribution in [0.15, 0.2) is 72.3 Å². The maximum absolute atomic E-state index is 6.55. The first-order valence-corrected chi connectivity index (χ1v) is 10.6. The molecule has 5 nitrogen and oxygen atoms in total. The number of rotatable bonds is 6. The van der Waals surface area contributed by atoms with E-state index in [1.54, 1.807) is 36.5 Å². The Bertz CT molecular complexity index is 1060. The molecule has 0 aliphatic rings. The zero-order valence-corrected chi connectivity index (χ0v) is 17.4. The summed E-state index contributed by atoms with van der Waals surface area (Å²) in [6.45, 7) is 0.612. The molecule has 142 valence electrons. The number of hydrogen-bond donors (Lipinski definition) is 0. The monoisotopic (exact) mass is 429 g/mol. The van der Waals surface area contributed by atoms with Gasteiger partial charge in [0.25, 0.3) is 0 Å². The number of benzene rings is 2. The minimum absolute atomic E-state index is 0.170. The standard InChI is InChI=1S/C20H17Cl2N5S/c1-28-16-5-2-14(3-6-16)19-11-24-25-27(19)20(12-26-9-8-23-13-26)17-7-4-15(21)10-18(17)22/h2-11,13,20H,12H2,1H3. The van der Waals surface area contributed by atoms with Crippen molar-refractivity contribution >= 4 is 35.0 Å². The molecule has 8 heteroatoms. The lowest BCUT2D eigenvalue weighted by molar-refractivity contribution is 0.447. The first-order valence-electron chi connectivity index (χ1n) is 8.61. The average molecular weight is 430 g/mol. The Morgan fingerprint density at radius 1 is 1.11 bits per heavy atom. The van der Waals surface area contributed by atoms with Gasteiger partial charge in [0.1, 0.15) is 0 Å². The Labute approximate surface area is 177 Å². The minimum atomic E-state index is -0.170. The highest BCUT2D eigenvalue weighted by atomic mass is 35.5. The molecule has 0 amide bonds. The van der Waals surface area contributed by atoms with E-state index in [0.717, 1.165) is 16.8 Å². The molecule has 0 bridgehead atoms. The number of hydrogen-bond acceptors (Lipinski definition) is 4. The van der Waals surface area contributed by atoms with Gasteiger partial charge in [-0.1, -0.05) is 46.6 Å². The number of thioether (sulfide) groups is 1. The van der Waals surface area contributed by atoms with E-state index in [1.165, 1.54) is 4.90 Å². The lowest BCUT2D eigenvalue weighted by atomic mass is 10.1. The van der Waals surface area contributed by atoms with Gasteiger partial charge < -0.3 is 4.57 Å². The molecule has 28 heavy (non-hydrogen) atoms. The molecular formula is C20H17Cl2N5S. The van der Waals surface area contributed by atoms with E-state index in [9.17, 15) is 0 Å². The maximum Gasteiger partial charge on any atom is 0.0987 e. The smallest absolute Gasteiger partial charge is 0.0987 e. The summed E-state index contributed by atoms with van der Waals surface area (Å²) in [6, 6.07) is 13.7. The topological polar surface area (TPSA) is 48.5 Å². The molecule has 0 saturated carbocycles. The fourth-order valence-corrected chi connectivity index (χ4v) is 4.06. The van der Waals surface area contributed by atoms with Crippen molar-refractivity contribution in [2.45, 2.75) is 17.5 Å². The molecule has 0 aliphatic carbocycles. The van der Waals surface area contributed by atoms with E-state index in [2.05, 4.69) is 45.8 Å². The highest BCUT2D eigenvalue weighted by molar-refractivity contribution is 7.98. The summed E-state index contributed by atoms with van der Waals surface area (Å²) >= 11 is 14.4. The van der Waals surface area contributed by atoms with Crippen molar-refractivity contribution < 1.29 is 0 Å². The number of aromatic nitrogens is 5. The van der Waals surface area contributed by atoms with Gasteiger partial charge in [0.05, 0.1) is 30.8 Å². The summed E-state index contributed by atoms with van der Waals surface area (Å²) in [5, 5.41) is 9.76. The van der Waals surface area contributed by atoms with Crippen LogP contribution < -0.4 is 0 Å². The van der Waals surface area contributed by atoms with Crippen LogP contribution in [0.5, 0.6) is 0 Å². The molecule has 0 aliphatic heterocycles. The fourth-order valence-electron chi connectivity index (χ4n) is 3.12. The summed E-state index contributed by atoms with van der Waals surface area (Å²) in [5.74, 6) is 0. The summed E-state index contributed by atoms with van der Waals surface area (Å²) < 4.78 is 3.90. The van der Waals surface area contributed by atoms with Crippen LogP contribution in [0.3, 0.4) is 0 Å². The maximum atomic E-state index is 6.55. The Hall–Kier alpha value is -2.28. The quantitative estimate of drug-likeness (QED) is 0.381. The van der Waals surface area contributed by atoms with Crippen molar-refractivity contribution in [1.29, 1.82) is 0 Å². The van der Waals surface area contributed by atoms with Crippen molar-refractivity contribution in [1.82, 2.24) is 24.5 Å². The summed E-state index contributed by atoms with van der Waals surface area (Å²) in [5.41, 5.74) is 2.89. The Balaban J connectivity index is 1.80. The predicted molar refractivity (Wildman–Crippen MR) is 114 cm³/mol. The third-order valence-corrected chi connectivity index (χ3v) is 5.83. The third-order valence-electron chi connectivity index (χ3n) is 4.52. The number of nitrogens with zero attached hydrogens (tertiary/aromatic N) is 5. The molecule has 0 spiro atoms. The van der Waals surface area contributed by atoms with Crippen LogP contribution in [-0.2, 0) is 6.54 Å². The SMILES string of the molecule is CSc1ccc(-c2cnnn2C(Cn2ccnc2)c2ccc(Cl)cc2Cl)cc1. The zero-order valence-electron chi connectivity index (χ0n) is 15.0. The molecule has 2 heterocycles. The molecule has 2 aromatic heterocycles. The van der Waals surface area contributed by atoms with Crippen LogP contribution in [-0.4, -0.2) is 30.8 Å². The van der Waals surface area contributed by atoms with Crippen LogP contribution in [0.2, 0.25) is 10.0 Å². The van der Waals surface area contributed by atoms with Gasteiger partial charge >= 0.3 is 0 Å². The summed E-state index contributed by atoms with van der Waals surface area (Å²) in [7, 11) is 0.